The molecular weight excluding hydrogens is 206 g/mol. The zero-order chi connectivity index (χ0) is 11.5. The minimum atomic E-state index is -0.950. The lowest BCUT2D eigenvalue weighted by Gasteiger charge is -2.17. The van der Waals surface area contributed by atoms with Gasteiger partial charge >= 0.3 is 5.97 Å². The van der Waals surface area contributed by atoms with Crippen molar-refractivity contribution in [3.05, 3.63) is 48.2 Å². The Morgan fingerprint density at radius 1 is 1.25 bits per heavy atom. The van der Waals surface area contributed by atoms with E-state index in [1.807, 2.05) is 0 Å². The maximum absolute atomic E-state index is 11.0. The summed E-state index contributed by atoms with van der Waals surface area (Å²) < 4.78 is 5.22. The Balaban J connectivity index is 2.44. The number of rotatable bonds is 3. The molecule has 0 saturated carbocycles. The van der Waals surface area contributed by atoms with Crippen LogP contribution in [0.3, 0.4) is 0 Å². The van der Waals surface area contributed by atoms with Crippen molar-refractivity contribution in [2.75, 3.05) is 11.9 Å². The fourth-order valence-corrected chi connectivity index (χ4v) is 1.53. The molecule has 0 unspecified atom stereocenters. The van der Waals surface area contributed by atoms with Crippen LogP contribution in [0.5, 0.6) is 0 Å². The smallest absolute Gasteiger partial charge is 0.337 e. The van der Waals surface area contributed by atoms with Crippen molar-refractivity contribution in [3.63, 3.8) is 0 Å². The first-order chi connectivity index (χ1) is 7.70. The van der Waals surface area contributed by atoms with Crippen LogP contribution < -0.4 is 4.90 Å². The summed E-state index contributed by atoms with van der Waals surface area (Å²) in [7, 11) is 1.76. The van der Waals surface area contributed by atoms with Crippen molar-refractivity contribution in [2.24, 2.45) is 0 Å². The van der Waals surface area contributed by atoms with Gasteiger partial charge in [0.05, 0.1) is 17.5 Å². The lowest BCUT2D eigenvalue weighted by Crippen LogP contribution is -2.13. The Kier molecular flexibility index (Phi) is 2.64. The predicted molar refractivity (Wildman–Crippen MR) is 60.2 cm³/mol. The highest BCUT2D eigenvalue weighted by atomic mass is 16.4. The number of hydrogen-bond donors (Lipinski definition) is 1. The standard InChI is InChI=1S/C12H11NO3/c1-13(11-7-4-8-16-11)10-6-3-2-5-9(10)12(14)15/h2-8H,1H3,(H,14,15). The van der Waals surface area contributed by atoms with Crippen LogP contribution in [0, 0.1) is 0 Å². The maximum atomic E-state index is 11.0. The zero-order valence-electron chi connectivity index (χ0n) is 8.75. The number of anilines is 2. The van der Waals surface area contributed by atoms with Crippen LogP contribution in [0.15, 0.2) is 47.1 Å². The summed E-state index contributed by atoms with van der Waals surface area (Å²) in [5.74, 6) is -0.345. The molecule has 16 heavy (non-hydrogen) atoms. The third-order valence-corrected chi connectivity index (χ3v) is 2.33. The van der Waals surface area contributed by atoms with Crippen LogP contribution in [0.4, 0.5) is 11.6 Å². The van der Waals surface area contributed by atoms with Gasteiger partial charge in [0.25, 0.3) is 0 Å². The summed E-state index contributed by atoms with van der Waals surface area (Å²) in [6.07, 6.45) is 1.55. The first-order valence-electron chi connectivity index (χ1n) is 4.79. The number of benzene rings is 1. The first kappa shape index (κ1) is 10.3. The molecule has 4 nitrogen and oxygen atoms in total. The van der Waals surface area contributed by atoms with E-state index >= 15 is 0 Å². The maximum Gasteiger partial charge on any atom is 0.337 e. The quantitative estimate of drug-likeness (QED) is 0.858. The molecule has 0 bridgehead atoms. The molecule has 1 aromatic heterocycles. The average Bonchev–Trinajstić information content (AvgIpc) is 2.81. The van der Waals surface area contributed by atoms with Gasteiger partial charge in [-0.25, -0.2) is 4.79 Å². The van der Waals surface area contributed by atoms with Crippen LogP contribution >= 0.6 is 0 Å². The second-order valence-corrected chi connectivity index (χ2v) is 3.33. The van der Waals surface area contributed by atoms with Gasteiger partial charge in [-0.15, -0.1) is 0 Å². The number of para-hydroxylation sites is 1. The second kappa shape index (κ2) is 4.10. The Morgan fingerprint density at radius 3 is 2.62 bits per heavy atom. The number of nitrogens with zero attached hydrogens (tertiary/aromatic N) is 1. The van der Waals surface area contributed by atoms with Crippen LogP contribution in [0.2, 0.25) is 0 Å². The molecule has 1 heterocycles. The highest BCUT2D eigenvalue weighted by molar-refractivity contribution is 5.95. The summed E-state index contributed by atoms with van der Waals surface area (Å²) in [6.45, 7) is 0. The van der Waals surface area contributed by atoms with E-state index in [4.69, 9.17) is 9.52 Å². The highest BCUT2D eigenvalue weighted by Crippen LogP contribution is 2.26. The molecule has 0 aliphatic rings. The zero-order valence-corrected chi connectivity index (χ0v) is 8.75. The van der Waals surface area contributed by atoms with Gasteiger partial charge in [-0.1, -0.05) is 12.1 Å². The van der Waals surface area contributed by atoms with E-state index in [0.717, 1.165) is 0 Å². The number of carboxylic acids is 1. The van der Waals surface area contributed by atoms with E-state index in [-0.39, 0.29) is 5.56 Å². The molecule has 2 rings (SSSR count). The molecule has 0 spiro atoms. The monoisotopic (exact) mass is 217 g/mol. The SMILES string of the molecule is CN(c1ccco1)c1ccccc1C(=O)O. The molecule has 4 heteroatoms. The van der Waals surface area contributed by atoms with E-state index in [1.54, 1.807) is 54.6 Å². The molecule has 0 saturated heterocycles. The number of hydrogen-bond acceptors (Lipinski definition) is 3. The molecule has 0 atom stereocenters. The average molecular weight is 217 g/mol. The number of carbonyl (C=O) groups is 1. The normalized spacial score (nSPS) is 10.1. The van der Waals surface area contributed by atoms with Gasteiger partial charge in [-0.2, -0.15) is 0 Å². The van der Waals surface area contributed by atoms with E-state index in [2.05, 4.69) is 0 Å². The van der Waals surface area contributed by atoms with Crippen LogP contribution in [0.25, 0.3) is 0 Å². The molecule has 0 aliphatic heterocycles. The molecule has 1 aromatic carbocycles. The largest absolute Gasteiger partial charge is 0.478 e. The molecule has 0 amide bonds. The summed E-state index contributed by atoms with van der Waals surface area (Å²) >= 11 is 0. The molecule has 0 aliphatic carbocycles. The molecular formula is C12H11NO3. The molecule has 0 radical (unpaired) electrons. The van der Waals surface area contributed by atoms with Crippen molar-refractivity contribution >= 4 is 17.5 Å². The van der Waals surface area contributed by atoms with Crippen molar-refractivity contribution in [3.8, 4) is 0 Å². The van der Waals surface area contributed by atoms with Gasteiger partial charge in [0, 0.05) is 13.1 Å². The van der Waals surface area contributed by atoms with E-state index in [0.29, 0.717) is 11.6 Å². The Labute approximate surface area is 92.7 Å². The van der Waals surface area contributed by atoms with Crippen LogP contribution in [-0.4, -0.2) is 18.1 Å². The molecule has 82 valence electrons. The first-order valence-corrected chi connectivity index (χ1v) is 4.79. The van der Waals surface area contributed by atoms with E-state index < -0.39 is 5.97 Å². The third kappa shape index (κ3) is 1.77. The van der Waals surface area contributed by atoms with Crippen molar-refractivity contribution in [1.29, 1.82) is 0 Å². The lowest BCUT2D eigenvalue weighted by atomic mass is 10.1. The summed E-state index contributed by atoms with van der Waals surface area (Å²) in [4.78, 5) is 12.7. The van der Waals surface area contributed by atoms with Gasteiger partial charge in [-0.05, 0) is 18.2 Å². The predicted octanol–water partition coefficient (Wildman–Crippen LogP) is 2.75. The summed E-state index contributed by atoms with van der Waals surface area (Å²) in [5.41, 5.74) is 0.853. The van der Waals surface area contributed by atoms with Crippen molar-refractivity contribution in [1.82, 2.24) is 0 Å². The molecule has 2 aromatic rings. The highest BCUT2D eigenvalue weighted by Gasteiger charge is 2.14. The van der Waals surface area contributed by atoms with Gasteiger partial charge in [0.2, 0.25) is 0 Å². The van der Waals surface area contributed by atoms with Gasteiger partial charge in [0.15, 0.2) is 5.88 Å². The van der Waals surface area contributed by atoms with E-state index in [9.17, 15) is 4.79 Å². The van der Waals surface area contributed by atoms with Crippen molar-refractivity contribution in [2.45, 2.75) is 0 Å². The molecule has 0 fully saturated rings. The third-order valence-electron chi connectivity index (χ3n) is 2.33. The lowest BCUT2D eigenvalue weighted by molar-refractivity contribution is 0.0697. The van der Waals surface area contributed by atoms with E-state index in [1.165, 1.54) is 0 Å². The van der Waals surface area contributed by atoms with Crippen molar-refractivity contribution < 1.29 is 14.3 Å². The molecule has 1 N–H and O–H groups in total. The summed E-state index contributed by atoms with van der Waals surface area (Å²) in [6, 6.07) is 10.3. The van der Waals surface area contributed by atoms with Gasteiger partial charge in [-0.3, -0.25) is 0 Å². The number of furan rings is 1. The topological polar surface area (TPSA) is 53.7 Å². The van der Waals surface area contributed by atoms with Gasteiger partial charge < -0.3 is 14.4 Å². The minimum Gasteiger partial charge on any atom is -0.478 e. The minimum absolute atomic E-state index is 0.251. The number of aromatic carboxylic acids is 1. The Morgan fingerprint density at radius 2 is 2.00 bits per heavy atom. The van der Waals surface area contributed by atoms with Crippen LogP contribution in [0.1, 0.15) is 10.4 Å². The Hall–Kier alpha value is -2.23. The van der Waals surface area contributed by atoms with Crippen LogP contribution in [-0.2, 0) is 0 Å². The number of carboxylic acid groups (broad SMARTS) is 1. The fraction of sp³-hybridized carbons (Fsp3) is 0.0833. The Bertz CT molecular complexity index is 491. The fourth-order valence-electron chi connectivity index (χ4n) is 1.53. The second-order valence-electron chi connectivity index (χ2n) is 3.33. The van der Waals surface area contributed by atoms with Gasteiger partial charge in [0.1, 0.15) is 0 Å². The summed E-state index contributed by atoms with van der Waals surface area (Å²) in [5, 5.41) is 9.05.